The highest BCUT2D eigenvalue weighted by Gasteiger charge is 2.24. The molecule has 2 N–H and O–H groups in total. The zero-order valence-electron chi connectivity index (χ0n) is 11.9. The molecule has 5 heteroatoms. The molecule has 0 aliphatic heterocycles. The van der Waals surface area contributed by atoms with Crippen molar-refractivity contribution in [2.24, 2.45) is 0 Å². The molecule has 0 bridgehead atoms. The first kappa shape index (κ1) is 14.8. The van der Waals surface area contributed by atoms with Crippen molar-refractivity contribution in [3.05, 3.63) is 28.9 Å². The molecule has 1 aromatic heterocycles. The maximum absolute atomic E-state index is 13.8. The average molecular weight is 294 g/mol. The van der Waals surface area contributed by atoms with Crippen molar-refractivity contribution in [2.75, 3.05) is 12.3 Å². The van der Waals surface area contributed by atoms with Gasteiger partial charge in [0.15, 0.2) is 0 Å². The van der Waals surface area contributed by atoms with E-state index in [0.717, 1.165) is 6.42 Å². The highest BCUT2D eigenvalue weighted by Crippen LogP contribution is 2.36. The third-order valence-corrected chi connectivity index (χ3v) is 4.40. The van der Waals surface area contributed by atoms with Crippen LogP contribution in [0.15, 0.2) is 18.2 Å². The van der Waals surface area contributed by atoms with Gasteiger partial charge < -0.3 is 10.6 Å². The lowest BCUT2D eigenvalue weighted by atomic mass is 10.2. The monoisotopic (exact) mass is 294 g/mol. The van der Waals surface area contributed by atoms with Crippen LogP contribution >= 0.6 is 11.3 Å². The maximum atomic E-state index is 13.8. The van der Waals surface area contributed by atoms with E-state index >= 15 is 0 Å². The van der Waals surface area contributed by atoms with Gasteiger partial charge in [0, 0.05) is 17.3 Å². The third-order valence-electron chi connectivity index (χ3n) is 3.24. The number of rotatable bonds is 4. The Kier molecular flexibility index (Phi) is 4.28. The first-order chi connectivity index (χ1) is 9.47. The highest BCUT2D eigenvalue weighted by molar-refractivity contribution is 7.21. The molecule has 0 aliphatic rings. The van der Waals surface area contributed by atoms with Gasteiger partial charge in [-0.2, -0.15) is 0 Å². The summed E-state index contributed by atoms with van der Waals surface area (Å²) in [5.74, 6) is -0.484. The van der Waals surface area contributed by atoms with Crippen LogP contribution in [0.3, 0.4) is 0 Å². The van der Waals surface area contributed by atoms with Crippen LogP contribution in [-0.2, 0) is 0 Å². The van der Waals surface area contributed by atoms with E-state index in [1.807, 2.05) is 20.8 Å². The zero-order valence-corrected chi connectivity index (χ0v) is 12.8. The number of fused-ring (bicyclic) bond motifs is 1. The van der Waals surface area contributed by atoms with E-state index in [9.17, 15) is 9.18 Å². The number of amides is 1. The first-order valence-electron chi connectivity index (χ1n) is 6.74. The van der Waals surface area contributed by atoms with Crippen molar-refractivity contribution in [2.45, 2.75) is 33.2 Å². The van der Waals surface area contributed by atoms with E-state index in [1.165, 1.54) is 17.4 Å². The van der Waals surface area contributed by atoms with Crippen molar-refractivity contribution in [1.29, 1.82) is 0 Å². The number of carbonyl (C=O) groups is 1. The average Bonchev–Trinajstić information content (AvgIpc) is 2.73. The number of nitrogen functional groups attached to an aromatic ring is 1. The van der Waals surface area contributed by atoms with Gasteiger partial charge in [-0.25, -0.2) is 4.39 Å². The Morgan fingerprint density at radius 3 is 2.70 bits per heavy atom. The van der Waals surface area contributed by atoms with Gasteiger partial charge in [-0.05, 0) is 32.4 Å². The van der Waals surface area contributed by atoms with Gasteiger partial charge in [-0.3, -0.25) is 4.79 Å². The predicted octanol–water partition coefficient (Wildman–Crippen LogP) is 3.88. The zero-order chi connectivity index (χ0) is 14.9. The predicted molar refractivity (Wildman–Crippen MR) is 82.7 cm³/mol. The van der Waals surface area contributed by atoms with Gasteiger partial charge in [0.1, 0.15) is 10.7 Å². The number of nitrogens with two attached hydrogens (primary N) is 1. The third kappa shape index (κ3) is 2.50. The molecule has 20 heavy (non-hydrogen) atoms. The second-order valence-corrected chi connectivity index (χ2v) is 6.10. The summed E-state index contributed by atoms with van der Waals surface area (Å²) < 4.78 is 14.5. The smallest absolute Gasteiger partial charge is 0.266 e. The van der Waals surface area contributed by atoms with E-state index in [1.54, 1.807) is 17.0 Å². The Hall–Kier alpha value is -1.62. The molecule has 0 saturated heterocycles. The topological polar surface area (TPSA) is 46.3 Å². The van der Waals surface area contributed by atoms with E-state index in [-0.39, 0.29) is 23.5 Å². The molecule has 108 valence electrons. The molecule has 0 aliphatic carbocycles. The molecule has 0 saturated carbocycles. The van der Waals surface area contributed by atoms with Crippen LogP contribution in [0.25, 0.3) is 10.1 Å². The van der Waals surface area contributed by atoms with Crippen LogP contribution in [0.2, 0.25) is 0 Å². The minimum Gasteiger partial charge on any atom is -0.397 e. The van der Waals surface area contributed by atoms with Crippen molar-refractivity contribution in [3.8, 4) is 0 Å². The number of thiophene rings is 1. The molecule has 1 amide bonds. The fourth-order valence-corrected chi connectivity index (χ4v) is 3.35. The van der Waals surface area contributed by atoms with Gasteiger partial charge in [0.2, 0.25) is 0 Å². The minimum atomic E-state index is -0.373. The van der Waals surface area contributed by atoms with E-state index in [2.05, 4.69) is 0 Å². The van der Waals surface area contributed by atoms with E-state index in [4.69, 9.17) is 5.73 Å². The molecule has 0 radical (unpaired) electrons. The maximum Gasteiger partial charge on any atom is 0.266 e. The van der Waals surface area contributed by atoms with E-state index < -0.39 is 0 Å². The molecule has 1 heterocycles. The second-order valence-electron chi connectivity index (χ2n) is 5.05. The summed E-state index contributed by atoms with van der Waals surface area (Å²) in [6.45, 7) is 6.64. The summed E-state index contributed by atoms with van der Waals surface area (Å²) in [5.41, 5.74) is 6.26. The van der Waals surface area contributed by atoms with E-state index in [0.29, 0.717) is 21.5 Å². The fraction of sp³-hybridized carbons (Fsp3) is 0.400. The highest BCUT2D eigenvalue weighted by atomic mass is 32.1. The summed E-state index contributed by atoms with van der Waals surface area (Å²) in [6.07, 6.45) is 0.878. The van der Waals surface area contributed by atoms with Crippen LogP contribution in [0.4, 0.5) is 10.1 Å². The Labute approximate surface area is 122 Å². The second kappa shape index (κ2) is 5.79. The number of nitrogens with zero attached hydrogens (tertiary/aromatic N) is 1. The summed E-state index contributed by atoms with van der Waals surface area (Å²) in [7, 11) is 0. The van der Waals surface area contributed by atoms with Crippen LogP contribution in [0.5, 0.6) is 0 Å². The van der Waals surface area contributed by atoms with Gasteiger partial charge in [-0.15, -0.1) is 11.3 Å². The van der Waals surface area contributed by atoms with Gasteiger partial charge >= 0.3 is 0 Å². The van der Waals surface area contributed by atoms with Crippen molar-refractivity contribution < 1.29 is 9.18 Å². The number of hydrogen-bond acceptors (Lipinski definition) is 3. The molecule has 0 unspecified atom stereocenters. The molecule has 2 rings (SSSR count). The number of anilines is 1. The summed E-state index contributed by atoms with van der Waals surface area (Å²) in [4.78, 5) is 14.8. The Balaban J connectivity index is 2.49. The summed E-state index contributed by atoms with van der Waals surface area (Å²) >= 11 is 1.26. The standard InChI is InChI=1S/C15H19FN2OS/c1-4-8-18(9(2)3)15(19)14-13(17)12-10(16)6-5-7-11(12)20-14/h5-7,9H,4,8,17H2,1-3H3. The van der Waals surface area contributed by atoms with Crippen LogP contribution < -0.4 is 5.73 Å². The number of carbonyl (C=O) groups excluding carboxylic acids is 1. The molecular formula is C15H19FN2OS. The molecule has 0 spiro atoms. The van der Waals surface area contributed by atoms with Crippen molar-refractivity contribution in [1.82, 2.24) is 4.90 Å². The SMILES string of the molecule is CCCN(C(=O)c1sc2cccc(F)c2c1N)C(C)C. The number of hydrogen-bond donors (Lipinski definition) is 1. The van der Waals surface area contributed by atoms with Gasteiger partial charge in [0.25, 0.3) is 5.91 Å². The minimum absolute atomic E-state index is 0.0944. The lowest BCUT2D eigenvalue weighted by molar-refractivity contribution is 0.0712. The van der Waals surface area contributed by atoms with Crippen molar-refractivity contribution in [3.63, 3.8) is 0 Å². The Bertz CT molecular complexity index is 636. The molecule has 3 nitrogen and oxygen atoms in total. The van der Waals surface area contributed by atoms with Crippen LogP contribution in [0.1, 0.15) is 36.9 Å². The molecule has 0 fully saturated rings. The number of benzene rings is 1. The summed E-state index contributed by atoms with van der Waals surface area (Å²) in [6, 6.07) is 4.88. The molecule has 0 atom stereocenters. The van der Waals surface area contributed by atoms with Gasteiger partial charge in [-0.1, -0.05) is 13.0 Å². The summed E-state index contributed by atoms with van der Waals surface area (Å²) in [5, 5.41) is 0.362. The van der Waals surface area contributed by atoms with Crippen LogP contribution in [-0.4, -0.2) is 23.4 Å². The molecule has 2 aromatic rings. The van der Waals surface area contributed by atoms with Gasteiger partial charge in [0.05, 0.1) is 11.1 Å². The largest absolute Gasteiger partial charge is 0.397 e. The Morgan fingerprint density at radius 2 is 2.15 bits per heavy atom. The first-order valence-corrected chi connectivity index (χ1v) is 7.56. The lowest BCUT2D eigenvalue weighted by Gasteiger charge is -2.25. The quantitative estimate of drug-likeness (QED) is 0.930. The Morgan fingerprint density at radius 1 is 1.45 bits per heavy atom. The number of halogens is 1. The lowest BCUT2D eigenvalue weighted by Crippen LogP contribution is -2.37. The normalized spacial score (nSPS) is 11.2. The molecular weight excluding hydrogens is 275 g/mol. The van der Waals surface area contributed by atoms with Crippen molar-refractivity contribution >= 4 is 33.0 Å². The molecule has 1 aromatic carbocycles. The fourth-order valence-electron chi connectivity index (χ4n) is 2.25. The van der Waals surface area contributed by atoms with Crippen LogP contribution in [0, 0.1) is 5.82 Å².